The highest BCUT2D eigenvalue weighted by atomic mass is 35.5. The molecule has 1 unspecified atom stereocenters. The number of hydrogen-bond acceptors (Lipinski definition) is 5. The average Bonchev–Trinajstić information content (AvgIpc) is 2.84. The molecular weight excluding hydrogens is 470 g/mol. The number of para-hydroxylation sites is 2. The number of rotatable bonds is 7. The Morgan fingerprint density at radius 3 is 2.56 bits per heavy atom. The third-order valence-electron chi connectivity index (χ3n) is 5.40. The van der Waals surface area contributed by atoms with Crippen molar-refractivity contribution in [1.82, 2.24) is 14.5 Å². The average molecular weight is 494 g/mol. The van der Waals surface area contributed by atoms with Gasteiger partial charge in [-0.05, 0) is 42.8 Å². The van der Waals surface area contributed by atoms with E-state index < -0.39 is 5.25 Å². The minimum absolute atomic E-state index is 0.0686. The Hall–Kier alpha value is -3.29. The fraction of sp³-hybridized carbons (Fsp3) is 0.192. The molecule has 0 aliphatic carbocycles. The largest absolute Gasteiger partial charge is 0.495 e. The molecule has 174 valence electrons. The molecule has 0 aliphatic rings. The molecule has 0 bridgehead atoms. The van der Waals surface area contributed by atoms with Crippen LogP contribution < -0.4 is 10.3 Å². The molecule has 0 N–H and O–H groups in total. The Kier molecular flexibility index (Phi) is 7.24. The number of thioether (sulfide) groups is 1. The van der Waals surface area contributed by atoms with E-state index in [1.165, 1.54) is 16.3 Å². The van der Waals surface area contributed by atoms with Crippen molar-refractivity contribution in [2.45, 2.75) is 23.9 Å². The van der Waals surface area contributed by atoms with Crippen molar-refractivity contribution >= 4 is 40.2 Å². The Morgan fingerprint density at radius 1 is 1.12 bits per heavy atom. The maximum absolute atomic E-state index is 13.6. The van der Waals surface area contributed by atoms with E-state index in [1.54, 1.807) is 49.4 Å². The summed E-state index contributed by atoms with van der Waals surface area (Å²) >= 11 is 7.39. The van der Waals surface area contributed by atoms with Gasteiger partial charge in [0.15, 0.2) is 5.16 Å². The summed E-state index contributed by atoms with van der Waals surface area (Å²) in [4.78, 5) is 33.1. The summed E-state index contributed by atoms with van der Waals surface area (Å²) in [6.07, 6.45) is 0. The van der Waals surface area contributed by atoms with Crippen molar-refractivity contribution in [3.63, 3.8) is 0 Å². The van der Waals surface area contributed by atoms with Gasteiger partial charge in [-0.15, -0.1) is 0 Å². The van der Waals surface area contributed by atoms with Crippen LogP contribution in [0.1, 0.15) is 12.5 Å². The lowest BCUT2D eigenvalue weighted by molar-refractivity contribution is -0.129. The van der Waals surface area contributed by atoms with Gasteiger partial charge >= 0.3 is 0 Å². The van der Waals surface area contributed by atoms with Crippen LogP contribution in [-0.4, -0.2) is 39.8 Å². The van der Waals surface area contributed by atoms with E-state index in [4.69, 9.17) is 21.3 Å². The van der Waals surface area contributed by atoms with Crippen LogP contribution in [0.25, 0.3) is 16.6 Å². The Labute approximate surface area is 207 Å². The smallest absolute Gasteiger partial charge is 0.266 e. The van der Waals surface area contributed by atoms with E-state index in [2.05, 4.69) is 0 Å². The second kappa shape index (κ2) is 10.3. The lowest BCUT2D eigenvalue weighted by Gasteiger charge is -2.22. The minimum atomic E-state index is -0.488. The van der Waals surface area contributed by atoms with Gasteiger partial charge in [0.05, 0.1) is 29.0 Å². The number of ether oxygens (including phenoxy) is 1. The van der Waals surface area contributed by atoms with Crippen LogP contribution in [0.3, 0.4) is 0 Å². The van der Waals surface area contributed by atoms with Crippen molar-refractivity contribution in [2.75, 3.05) is 14.2 Å². The first-order valence-corrected chi connectivity index (χ1v) is 12.0. The van der Waals surface area contributed by atoms with Crippen molar-refractivity contribution < 1.29 is 9.53 Å². The predicted octanol–water partition coefficient (Wildman–Crippen LogP) is 5.19. The fourth-order valence-corrected chi connectivity index (χ4v) is 4.90. The van der Waals surface area contributed by atoms with E-state index >= 15 is 0 Å². The SMILES string of the molecule is COc1ccccc1-n1c(SC(C)C(=O)N(C)Cc2ccccc2)nc2cc(Cl)ccc2c1=O. The van der Waals surface area contributed by atoms with Crippen molar-refractivity contribution in [3.8, 4) is 11.4 Å². The van der Waals surface area contributed by atoms with Gasteiger partial charge in [-0.25, -0.2) is 4.98 Å². The highest BCUT2D eigenvalue weighted by Crippen LogP contribution is 2.30. The Morgan fingerprint density at radius 2 is 1.82 bits per heavy atom. The number of fused-ring (bicyclic) bond motifs is 1. The maximum atomic E-state index is 13.6. The summed E-state index contributed by atoms with van der Waals surface area (Å²) in [5.41, 5.74) is 1.81. The zero-order chi connectivity index (χ0) is 24.2. The van der Waals surface area contributed by atoms with Gasteiger partial charge in [0.2, 0.25) is 5.91 Å². The van der Waals surface area contributed by atoms with Crippen LogP contribution in [0.4, 0.5) is 0 Å². The molecule has 8 heteroatoms. The van der Waals surface area contributed by atoms with Gasteiger partial charge in [0.25, 0.3) is 5.56 Å². The van der Waals surface area contributed by atoms with Crippen LogP contribution in [-0.2, 0) is 11.3 Å². The molecule has 0 aliphatic heterocycles. The van der Waals surface area contributed by atoms with Crippen LogP contribution in [0.2, 0.25) is 5.02 Å². The van der Waals surface area contributed by atoms with Gasteiger partial charge in [0, 0.05) is 18.6 Å². The molecule has 4 rings (SSSR count). The molecule has 0 fully saturated rings. The molecule has 0 saturated heterocycles. The Balaban J connectivity index is 1.74. The van der Waals surface area contributed by atoms with Crippen LogP contribution in [0.15, 0.2) is 82.7 Å². The second-order valence-corrected chi connectivity index (χ2v) is 9.55. The van der Waals surface area contributed by atoms with Crippen molar-refractivity contribution in [2.24, 2.45) is 0 Å². The molecule has 0 spiro atoms. The summed E-state index contributed by atoms with van der Waals surface area (Å²) in [5.74, 6) is 0.461. The molecule has 0 radical (unpaired) electrons. The highest BCUT2D eigenvalue weighted by molar-refractivity contribution is 8.00. The summed E-state index contributed by atoms with van der Waals surface area (Å²) in [5, 5.41) is 0.813. The van der Waals surface area contributed by atoms with Crippen LogP contribution in [0.5, 0.6) is 5.75 Å². The summed E-state index contributed by atoms with van der Waals surface area (Å²) in [7, 11) is 3.32. The summed E-state index contributed by atoms with van der Waals surface area (Å²) in [6, 6.07) is 22.0. The quantitative estimate of drug-likeness (QED) is 0.262. The maximum Gasteiger partial charge on any atom is 0.266 e. The van der Waals surface area contributed by atoms with Gasteiger partial charge < -0.3 is 9.64 Å². The first-order chi connectivity index (χ1) is 16.4. The number of aromatic nitrogens is 2. The zero-order valence-corrected chi connectivity index (χ0v) is 20.6. The highest BCUT2D eigenvalue weighted by Gasteiger charge is 2.24. The minimum Gasteiger partial charge on any atom is -0.495 e. The van der Waals surface area contributed by atoms with Gasteiger partial charge in [0.1, 0.15) is 5.75 Å². The Bertz CT molecular complexity index is 1390. The monoisotopic (exact) mass is 493 g/mol. The third-order valence-corrected chi connectivity index (χ3v) is 6.67. The van der Waals surface area contributed by atoms with Crippen LogP contribution >= 0.6 is 23.4 Å². The molecule has 6 nitrogen and oxygen atoms in total. The number of halogens is 1. The molecule has 3 aromatic carbocycles. The molecule has 1 heterocycles. The van der Waals surface area contributed by atoms with Gasteiger partial charge in [-0.2, -0.15) is 0 Å². The number of carbonyl (C=O) groups is 1. The number of benzene rings is 3. The number of hydrogen-bond donors (Lipinski definition) is 0. The van der Waals surface area contributed by atoms with E-state index in [9.17, 15) is 9.59 Å². The zero-order valence-electron chi connectivity index (χ0n) is 19.1. The molecule has 0 saturated carbocycles. The fourth-order valence-electron chi connectivity index (χ4n) is 3.70. The third kappa shape index (κ3) is 4.95. The molecule has 34 heavy (non-hydrogen) atoms. The number of carbonyl (C=O) groups excluding carboxylic acids is 1. The first-order valence-electron chi connectivity index (χ1n) is 10.7. The van der Waals surface area contributed by atoms with E-state index in [0.29, 0.717) is 39.1 Å². The molecule has 1 atom stereocenters. The molecule has 1 aromatic heterocycles. The van der Waals surface area contributed by atoms with E-state index in [1.807, 2.05) is 49.4 Å². The molecule has 4 aromatic rings. The lowest BCUT2D eigenvalue weighted by atomic mass is 10.2. The number of nitrogens with zero attached hydrogens (tertiary/aromatic N) is 3. The normalized spacial score (nSPS) is 11.9. The van der Waals surface area contributed by atoms with Crippen LogP contribution in [0, 0.1) is 0 Å². The van der Waals surface area contributed by atoms with E-state index in [0.717, 1.165) is 5.56 Å². The number of methoxy groups -OCH3 is 1. The molecule has 1 amide bonds. The summed E-state index contributed by atoms with van der Waals surface area (Å²) in [6.45, 7) is 2.31. The van der Waals surface area contributed by atoms with Crippen molar-refractivity contribution in [3.05, 3.63) is 93.7 Å². The van der Waals surface area contributed by atoms with Crippen molar-refractivity contribution in [1.29, 1.82) is 0 Å². The summed E-state index contributed by atoms with van der Waals surface area (Å²) < 4.78 is 7.01. The number of amides is 1. The standard InChI is InChI=1S/C26H24ClN3O3S/c1-17(24(31)29(2)16-18-9-5-4-6-10-18)34-26-28-21-15-19(27)13-14-20(21)25(32)30(26)22-11-7-8-12-23(22)33-3/h4-15,17H,16H2,1-3H3. The molecular formula is C26H24ClN3O3S. The van der Waals surface area contributed by atoms with Gasteiger partial charge in [-0.3, -0.25) is 14.2 Å². The second-order valence-electron chi connectivity index (χ2n) is 7.81. The van der Waals surface area contributed by atoms with E-state index in [-0.39, 0.29) is 11.5 Å². The predicted molar refractivity (Wildman–Crippen MR) is 137 cm³/mol. The topological polar surface area (TPSA) is 64.4 Å². The first kappa shape index (κ1) is 23.9. The lowest BCUT2D eigenvalue weighted by Crippen LogP contribution is -2.33. The van der Waals surface area contributed by atoms with Gasteiger partial charge in [-0.1, -0.05) is 65.8 Å².